The van der Waals surface area contributed by atoms with E-state index in [0.717, 1.165) is 5.69 Å². The molecule has 2 N–H and O–H groups in total. The number of esters is 1. The standard InChI is InChI=1S/C12H17NO3/c1-3-16-12(15)11(9(2)14)13-10-7-5-4-6-8-10/h4-9,11,13-14H,3H2,1-2H3. The van der Waals surface area contributed by atoms with E-state index in [4.69, 9.17) is 4.74 Å². The Labute approximate surface area is 95.2 Å². The van der Waals surface area contributed by atoms with Gasteiger partial charge in [0, 0.05) is 5.69 Å². The molecule has 0 amide bonds. The first kappa shape index (κ1) is 12.5. The second-order valence-corrected chi connectivity index (χ2v) is 3.48. The minimum absolute atomic E-state index is 0.304. The zero-order valence-corrected chi connectivity index (χ0v) is 9.51. The van der Waals surface area contributed by atoms with Gasteiger partial charge in [-0.05, 0) is 26.0 Å². The van der Waals surface area contributed by atoms with E-state index in [1.165, 1.54) is 0 Å². The van der Waals surface area contributed by atoms with Crippen LogP contribution in [0.25, 0.3) is 0 Å². The number of carbonyl (C=O) groups is 1. The lowest BCUT2D eigenvalue weighted by molar-refractivity contribution is -0.146. The number of ether oxygens (including phenoxy) is 1. The molecule has 0 bridgehead atoms. The Bertz CT molecular complexity index is 324. The van der Waals surface area contributed by atoms with E-state index in [1.54, 1.807) is 13.8 Å². The van der Waals surface area contributed by atoms with Crippen molar-refractivity contribution in [3.05, 3.63) is 30.3 Å². The fourth-order valence-electron chi connectivity index (χ4n) is 1.32. The topological polar surface area (TPSA) is 58.6 Å². The minimum atomic E-state index is -0.806. The average Bonchev–Trinajstić information content (AvgIpc) is 2.27. The Kier molecular flexibility index (Phi) is 4.79. The van der Waals surface area contributed by atoms with E-state index in [9.17, 15) is 9.90 Å². The highest BCUT2D eigenvalue weighted by atomic mass is 16.5. The SMILES string of the molecule is CCOC(=O)C(Nc1ccccc1)C(C)O. The van der Waals surface area contributed by atoms with Crippen molar-refractivity contribution in [3.63, 3.8) is 0 Å². The number of carbonyl (C=O) groups excluding carboxylic acids is 1. The van der Waals surface area contributed by atoms with Crippen molar-refractivity contribution in [2.45, 2.75) is 26.0 Å². The summed E-state index contributed by atoms with van der Waals surface area (Å²) in [5.41, 5.74) is 0.779. The number of hydrogen-bond acceptors (Lipinski definition) is 4. The molecule has 2 atom stereocenters. The number of nitrogens with one attached hydrogen (secondary N) is 1. The molecule has 0 aliphatic carbocycles. The monoisotopic (exact) mass is 223 g/mol. The molecule has 1 aromatic rings. The molecule has 0 aliphatic heterocycles. The lowest BCUT2D eigenvalue weighted by Crippen LogP contribution is -2.40. The lowest BCUT2D eigenvalue weighted by Gasteiger charge is -2.20. The molecule has 1 rings (SSSR count). The maximum Gasteiger partial charge on any atom is 0.331 e. The highest BCUT2D eigenvalue weighted by molar-refractivity contribution is 5.80. The van der Waals surface area contributed by atoms with Crippen molar-refractivity contribution in [1.29, 1.82) is 0 Å². The molecular formula is C12H17NO3. The van der Waals surface area contributed by atoms with Crippen LogP contribution >= 0.6 is 0 Å². The Morgan fingerprint density at radius 2 is 2.06 bits per heavy atom. The van der Waals surface area contributed by atoms with Crippen LogP contribution in [0.4, 0.5) is 5.69 Å². The average molecular weight is 223 g/mol. The number of benzene rings is 1. The quantitative estimate of drug-likeness (QED) is 0.741. The van der Waals surface area contributed by atoms with Crippen molar-refractivity contribution >= 4 is 11.7 Å². The van der Waals surface area contributed by atoms with Crippen LogP contribution in [-0.2, 0) is 9.53 Å². The van der Waals surface area contributed by atoms with Crippen LogP contribution in [0.15, 0.2) is 30.3 Å². The zero-order chi connectivity index (χ0) is 12.0. The molecule has 88 valence electrons. The smallest absolute Gasteiger partial charge is 0.331 e. The third-order valence-corrected chi connectivity index (χ3v) is 2.12. The number of rotatable bonds is 5. The summed E-state index contributed by atoms with van der Waals surface area (Å²) in [6.45, 7) is 3.59. The summed E-state index contributed by atoms with van der Waals surface area (Å²) in [6.07, 6.45) is -0.806. The van der Waals surface area contributed by atoms with Crippen molar-refractivity contribution in [2.75, 3.05) is 11.9 Å². The van der Waals surface area contributed by atoms with Crippen LogP contribution in [0.1, 0.15) is 13.8 Å². The Morgan fingerprint density at radius 3 is 2.56 bits per heavy atom. The summed E-state index contributed by atoms with van der Waals surface area (Å²) in [5.74, 6) is -0.443. The molecule has 0 fully saturated rings. The van der Waals surface area contributed by atoms with Gasteiger partial charge in [-0.1, -0.05) is 18.2 Å². The van der Waals surface area contributed by atoms with E-state index in [0.29, 0.717) is 6.61 Å². The molecule has 0 saturated carbocycles. The zero-order valence-electron chi connectivity index (χ0n) is 9.51. The first-order chi connectivity index (χ1) is 7.65. The van der Waals surface area contributed by atoms with Gasteiger partial charge in [0.1, 0.15) is 0 Å². The minimum Gasteiger partial charge on any atom is -0.464 e. The Morgan fingerprint density at radius 1 is 1.44 bits per heavy atom. The van der Waals surface area contributed by atoms with Crippen molar-refractivity contribution in [1.82, 2.24) is 0 Å². The molecule has 0 aromatic heterocycles. The summed E-state index contributed by atoms with van der Waals surface area (Å²) >= 11 is 0. The molecule has 1 aromatic carbocycles. The fraction of sp³-hybridized carbons (Fsp3) is 0.417. The number of hydrogen-bond donors (Lipinski definition) is 2. The van der Waals surface area contributed by atoms with Gasteiger partial charge in [0.25, 0.3) is 0 Å². The third kappa shape index (κ3) is 3.55. The summed E-state index contributed by atoms with van der Waals surface area (Å²) in [7, 11) is 0. The number of aliphatic hydroxyl groups excluding tert-OH is 1. The molecule has 0 radical (unpaired) electrons. The van der Waals surface area contributed by atoms with Gasteiger partial charge in [0.05, 0.1) is 12.7 Å². The highest BCUT2D eigenvalue weighted by Crippen LogP contribution is 2.10. The summed E-state index contributed by atoms with van der Waals surface area (Å²) < 4.78 is 4.88. The predicted octanol–water partition coefficient (Wildman–Crippen LogP) is 1.41. The van der Waals surface area contributed by atoms with E-state index in [2.05, 4.69) is 5.32 Å². The van der Waals surface area contributed by atoms with Gasteiger partial charge in [0.15, 0.2) is 6.04 Å². The first-order valence-corrected chi connectivity index (χ1v) is 5.31. The molecular weight excluding hydrogens is 206 g/mol. The van der Waals surface area contributed by atoms with Gasteiger partial charge in [-0.2, -0.15) is 0 Å². The second-order valence-electron chi connectivity index (χ2n) is 3.48. The van der Waals surface area contributed by atoms with Gasteiger partial charge in [-0.15, -0.1) is 0 Å². The molecule has 0 saturated heterocycles. The third-order valence-electron chi connectivity index (χ3n) is 2.12. The fourth-order valence-corrected chi connectivity index (χ4v) is 1.32. The van der Waals surface area contributed by atoms with Gasteiger partial charge >= 0.3 is 5.97 Å². The maximum absolute atomic E-state index is 11.5. The van der Waals surface area contributed by atoms with Gasteiger partial charge in [-0.3, -0.25) is 0 Å². The van der Waals surface area contributed by atoms with Gasteiger partial charge in [-0.25, -0.2) is 4.79 Å². The summed E-state index contributed by atoms with van der Waals surface area (Å²) in [5, 5.41) is 12.4. The first-order valence-electron chi connectivity index (χ1n) is 5.31. The second kappa shape index (κ2) is 6.12. The molecule has 0 aliphatic rings. The number of anilines is 1. The molecule has 0 spiro atoms. The molecule has 0 heterocycles. The van der Waals surface area contributed by atoms with Crippen molar-refractivity contribution in [3.8, 4) is 0 Å². The van der Waals surface area contributed by atoms with Crippen LogP contribution in [0.3, 0.4) is 0 Å². The summed E-state index contributed by atoms with van der Waals surface area (Å²) in [6, 6.07) is 8.51. The molecule has 4 heteroatoms. The van der Waals surface area contributed by atoms with E-state index in [-0.39, 0.29) is 0 Å². The Balaban J connectivity index is 2.69. The number of para-hydroxylation sites is 1. The predicted molar refractivity (Wildman–Crippen MR) is 62.2 cm³/mol. The molecule has 16 heavy (non-hydrogen) atoms. The van der Waals surface area contributed by atoms with Gasteiger partial charge in [0.2, 0.25) is 0 Å². The Hall–Kier alpha value is -1.55. The lowest BCUT2D eigenvalue weighted by atomic mass is 10.1. The van der Waals surface area contributed by atoms with Crippen LogP contribution in [-0.4, -0.2) is 29.8 Å². The summed E-state index contributed by atoms with van der Waals surface area (Å²) in [4.78, 5) is 11.5. The molecule has 2 unspecified atom stereocenters. The van der Waals surface area contributed by atoms with E-state index >= 15 is 0 Å². The van der Waals surface area contributed by atoms with E-state index in [1.807, 2.05) is 30.3 Å². The number of aliphatic hydroxyl groups is 1. The van der Waals surface area contributed by atoms with Crippen molar-refractivity contribution < 1.29 is 14.6 Å². The van der Waals surface area contributed by atoms with Gasteiger partial charge < -0.3 is 15.2 Å². The van der Waals surface area contributed by atoms with Crippen LogP contribution in [0, 0.1) is 0 Å². The van der Waals surface area contributed by atoms with Crippen LogP contribution < -0.4 is 5.32 Å². The van der Waals surface area contributed by atoms with E-state index < -0.39 is 18.1 Å². The largest absolute Gasteiger partial charge is 0.464 e. The maximum atomic E-state index is 11.5. The van der Waals surface area contributed by atoms with Crippen LogP contribution in [0.5, 0.6) is 0 Å². The highest BCUT2D eigenvalue weighted by Gasteiger charge is 2.24. The van der Waals surface area contributed by atoms with Crippen LogP contribution in [0.2, 0.25) is 0 Å². The van der Waals surface area contributed by atoms with Crippen molar-refractivity contribution in [2.24, 2.45) is 0 Å². The molecule has 4 nitrogen and oxygen atoms in total. The normalized spacial score (nSPS) is 13.9.